The Morgan fingerprint density at radius 1 is 1.36 bits per heavy atom. The van der Waals surface area contributed by atoms with Gasteiger partial charge in [-0.2, -0.15) is 0 Å². The van der Waals surface area contributed by atoms with Crippen molar-refractivity contribution in [3.05, 3.63) is 11.8 Å². The van der Waals surface area contributed by atoms with Crippen molar-refractivity contribution in [3.8, 4) is 0 Å². The Labute approximate surface area is 95.9 Å². The maximum atomic E-state index is 5.38. The van der Waals surface area contributed by atoms with Crippen LogP contribution in [0.4, 0.5) is 0 Å². The van der Waals surface area contributed by atoms with Gasteiger partial charge in [-0.3, -0.25) is 0 Å². The molecular weight excluding hydrogens is 214 g/mol. The number of nitrogens with zero attached hydrogens (tertiary/aromatic N) is 1. The molecule has 0 atom stereocenters. The van der Waals surface area contributed by atoms with Gasteiger partial charge in [0.05, 0.1) is 0 Å². The van der Waals surface area contributed by atoms with Crippen LogP contribution >= 0.6 is 0 Å². The Bertz CT molecular complexity index is 226. The molecule has 0 unspecified atom stereocenters. The van der Waals surface area contributed by atoms with E-state index in [4.69, 9.17) is 4.74 Å². The fraction of sp³-hybridized carbons (Fsp3) is 0.727. The van der Waals surface area contributed by atoms with Gasteiger partial charge in [0.1, 0.15) is 0 Å². The average molecular weight is 235 g/mol. The van der Waals surface area contributed by atoms with Gasteiger partial charge in [0.15, 0.2) is 0 Å². The van der Waals surface area contributed by atoms with Crippen LogP contribution in [0, 0.1) is 5.41 Å². The van der Waals surface area contributed by atoms with Crippen LogP contribution in [0.1, 0.15) is 27.7 Å². The molecule has 0 aliphatic rings. The summed E-state index contributed by atoms with van der Waals surface area (Å²) in [6, 6.07) is 0. The van der Waals surface area contributed by atoms with Gasteiger partial charge >= 0.3 is 95.6 Å². The van der Waals surface area contributed by atoms with E-state index in [2.05, 4.69) is 61.7 Å². The molecule has 0 saturated carbocycles. The third kappa shape index (κ3) is 4.95. The van der Waals surface area contributed by atoms with E-state index in [0.717, 1.165) is 4.57 Å². The molecule has 0 fully saturated rings. The van der Waals surface area contributed by atoms with Crippen molar-refractivity contribution >= 4 is 4.57 Å². The molecule has 0 N–H and O–H groups in total. The first-order chi connectivity index (χ1) is 6.29. The van der Waals surface area contributed by atoms with E-state index >= 15 is 0 Å². The van der Waals surface area contributed by atoms with Gasteiger partial charge in [0.25, 0.3) is 0 Å². The summed E-state index contributed by atoms with van der Waals surface area (Å²) in [7, 11) is 4.10. The van der Waals surface area contributed by atoms with Crippen molar-refractivity contribution in [1.82, 2.24) is 4.90 Å². The Morgan fingerprint density at radius 2 is 1.86 bits per heavy atom. The predicted molar refractivity (Wildman–Crippen MR) is 57.9 cm³/mol. The van der Waals surface area contributed by atoms with Crippen molar-refractivity contribution in [3.63, 3.8) is 0 Å². The topological polar surface area (TPSA) is 12.5 Å². The summed E-state index contributed by atoms with van der Waals surface area (Å²) in [5.74, 6) is 0. The van der Waals surface area contributed by atoms with E-state index in [0.29, 0.717) is 6.61 Å². The Hall–Kier alpha value is -0.0975. The van der Waals surface area contributed by atoms with E-state index in [1.54, 1.807) is 0 Å². The zero-order valence-electron chi connectivity index (χ0n) is 10.0. The normalized spacial score (nSPS) is 12.9. The van der Waals surface area contributed by atoms with Gasteiger partial charge in [-0.15, -0.1) is 0 Å². The molecule has 0 aliphatic carbocycles. The first-order valence-corrected chi connectivity index (χ1v) is 5.49. The van der Waals surface area contributed by atoms with Crippen molar-refractivity contribution in [1.29, 1.82) is 0 Å². The predicted octanol–water partition coefficient (Wildman–Crippen LogP) is 2.19. The fourth-order valence-electron chi connectivity index (χ4n) is 1.31. The average Bonchev–Trinajstić information content (AvgIpc) is 1.98. The molecule has 0 aliphatic heterocycles. The van der Waals surface area contributed by atoms with Crippen molar-refractivity contribution in [2.45, 2.75) is 27.7 Å². The summed E-state index contributed by atoms with van der Waals surface area (Å²) < 4.78 is 6.23. The van der Waals surface area contributed by atoms with E-state index < -0.39 is 0 Å². The molecule has 14 heavy (non-hydrogen) atoms. The van der Waals surface area contributed by atoms with Crippen LogP contribution in [0.3, 0.4) is 0 Å². The van der Waals surface area contributed by atoms with Crippen LogP contribution in [0.5, 0.6) is 0 Å². The molecule has 0 radical (unpaired) electrons. The third-order valence-corrected chi connectivity index (χ3v) is 2.16. The zero-order valence-corrected chi connectivity index (χ0v) is 11.3. The molecular formula is C11H21CrNO. The molecule has 0 amide bonds. The number of hydrogen-bond donors (Lipinski definition) is 0. The minimum atomic E-state index is 0.135. The maximum absolute atomic E-state index is 5.38. The van der Waals surface area contributed by atoms with Crippen LogP contribution in [-0.2, 0) is 20.6 Å². The Morgan fingerprint density at radius 3 is 2.14 bits per heavy atom. The molecule has 82 valence electrons. The number of ether oxygens (including phenoxy) is 1. The van der Waals surface area contributed by atoms with Gasteiger partial charge in [-0.05, 0) is 0 Å². The second kappa shape index (κ2) is 5.70. The first-order valence-electron chi connectivity index (χ1n) is 4.85. The van der Waals surface area contributed by atoms with Crippen LogP contribution in [-0.4, -0.2) is 30.2 Å². The number of rotatable bonds is 4. The van der Waals surface area contributed by atoms with E-state index in [-0.39, 0.29) is 5.41 Å². The van der Waals surface area contributed by atoms with Gasteiger partial charge in [-0.1, -0.05) is 0 Å². The SMILES string of the molecule is CCO[C](=[Cr])/C=C(\N(C)C)C(C)(C)C. The van der Waals surface area contributed by atoms with E-state index in [1.807, 2.05) is 6.92 Å². The molecule has 2 nitrogen and oxygen atoms in total. The standard InChI is InChI=1S/C11H21NO.Cr/c1-7-13-9-8-10(12(5)6)11(2,3)4;/h8H,7H2,1-6H3;/b10-8-;. The van der Waals surface area contributed by atoms with Crippen molar-refractivity contribution in [2.75, 3.05) is 20.7 Å². The minimum absolute atomic E-state index is 0.135. The van der Waals surface area contributed by atoms with Crippen LogP contribution < -0.4 is 0 Å². The second-order valence-electron chi connectivity index (χ2n) is 4.43. The van der Waals surface area contributed by atoms with Crippen LogP contribution in [0.2, 0.25) is 0 Å². The molecule has 0 aromatic carbocycles. The summed E-state index contributed by atoms with van der Waals surface area (Å²) in [6.45, 7) is 9.26. The molecule has 0 heterocycles. The molecule has 0 saturated heterocycles. The molecule has 0 aromatic rings. The third-order valence-electron chi connectivity index (χ3n) is 1.79. The summed E-state index contributed by atoms with van der Waals surface area (Å²) in [5, 5.41) is 0. The monoisotopic (exact) mass is 235 g/mol. The van der Waals surface area contributed by atoms with Crippen LogP contribution in [0.25, 0.3) is 0 Å². The summed E-state index contributed by atoms with van der Waals surface area (Å²) >= 11 is 2.93. The number of allylic oxidation sites excluding steroid dienone is 1. The van der Waals surface area contributed by atoms with Crippen LogP contribution in [0.15, 0.2) is 11.8 Å². The quantitative estimate of drug-likeness (QED) is 0.740. The molecule has 3 heteroatoms. The molecule has 0 rings (SSSR count). The van der Waals surface area contributed by atoms with Gasteiger partial charge in [0.2, 0.25) is 0 Å². The number of hydrogen-bond acceptors (Lipinski definition) is 2. The van der Waals surface area contributed by atoms with Crippen molar-refractivity contribution < 1.29 is 20.6 Å². The zero-order chi connectivity index (χ0) is 11.4. The molecule has 0 spiro atoms. The van der Waals surface area contributed by atoms with Gasteiger partial charge in [-0.25, -0.2) is 0 Å². The molecule has 0 bridgehead atoms. The Balaban J connectivity index is 4.75. The second-order valence-corrected chi connectivity index (χ2v) is 5.05. The summed E-state index contributed by atoms with van der Waals surface area (Å²) in [6.07, 6.45) is 2.06. The van der Waals surface area contributed by atoms with Gasteiger partial charge < -0.3 is 0 Å². The fourth-order valence-corrected chi connectivity index (χ4v) is 1.67. The molecule has 0 aromatic heterocycles. The first kappa shape index (κ1) is 13.9. The van der Waals surface area contributed by atoms with Gasteiger partial charge in [0, 0.05) is 0 Å². The summed E-state index contributed by atoms with van der Waals surface area (Å²) in [4.78, 5) is 2.12. The van der Waals surface area contributed by atoms with E-state index in [1.165, 1.54) is 5.70 Å². The summed E-state index contributed by atoms with van der Waals surface area (Å²) in [5.41, 5.74) is 1.38. The van der Waals surface area contributed by atoms with E-state index in [9.17, 15) is 0 Å². The Kier molecular flexibility index (Phi) is 5.66. The van der Waals surface area contributed by atoms with Crippen molar-refractivity contribution in [2.24, 2.45) is 5.41 Å².